The van der Waals surface area contributed by atoms with Crippen LogP contribution in [0, 0.1) is 11.3 Å². The number of ketones is 1. The zero-order valence-corrected chi connectivity index (χ0v) is 11.2. The molecule has 102 valence electrons. The summed E-state index contributed by atoms with van der Waals surface area (Å²) in [5.74, 6) is -2.82. The maximum atomic E-state index is 11.7. The lowest BCUT2D eigenvalue weighted by Gasteiger charge is -2.35. The third kappa shape index (κ3) is 2.41. The van der Waals surface area contributed by atoms with Gasteiger partial charge in [0.25, 0.3) is 5.78 Å². The molecule has 0 unspecified atom stereocenters. The molecule has 5 nitrogen and oxygen atoms in total. The fourth-order valence-electron chi connectivity index (χ4n) is 2.37. The molecule has 5 heteroatoms. The van der Waals surface area contributed by atoms with Crippen molar-refractivity contribution in [2.45, 2.75) is 25.8 Å². The van der Waals surface area contributed by atoms with Crippen molar-refractivity contribution < 1.29 is 14.7 Å². The minimum Gasteiger partial charge on any atom is -0.475 e. The van der Waals surface area contributed by atoms with Crippen LogP contribution in [0.15, 0.2) is 29.8 Å². The number of fused-ring (bicyclic) bond motifs is 1. The number of carboxylic acids is 1. The first-order chi connectivity index (χ1) is 9.35. The van der Waals surface area contributed by atoms with Crippen LogP contribution in [0.4, 0.5) is 0 Å². The van der Waals surface area contributed by atoms with Crippen molar-refractivity contribution in [1.29, 1.82) is 5.26 Å². The summed E-state index contributed by atoms with van der Waals surface area (Å²) < 4.78 is 0. The average molecular weight is 270 g/mol. The van der Waals surface area contributed by atoms with Gasteiger partial charge in [-0.15, -0.1) is 0 Å². The Morgan fingerprint density at radius 1 is 1.35 bits per heavy atom. The Balaban J connectivity index is 2.69. The van der Waals surface area contributed by atoms with Gasteiger partial charge in [-0.05, 0) is 25.8 Å². The van der Waals surface area contributed by atoms with Crippen LogP contribution in [-0.4, -0.2) is 22.4 Å². The lowest BCUT2D eigenvalue weighted by Crippen LogP contribution is -2.44. The van der Waals surface area contributed by atoms with E-state index in [0.717, 1.165) is 12.0 Å². The Hall–Kier alpha value is -2.61. The van der Waals surface area contributed by atoms with E-state index in [-0.39, 0.29) is 11.1 Å². The number of hydrogen-bond acceptors (Lipinski definition) is 4. The van der Waals surface area contributed by atoms with Gasteiger partial charge >= 0.3 is 5.97 Å². The summed E-state index contributed by atoms with van der Waals surface area (Å²) in [7, 11) is 0. The van der Waals surface area contributed by atoms with Crippen molar-refractivity contribution in [3.05, 3.63) is 41.0 Å². The summed E-state index contributed by atoms with van der Waals surface area (Å²) in [5, 5.41) is 21.1. The quantitative estimate of drug-likeness (QED) is 0.483. The molecule has 0 bridgehead atoms. The molecule has 0 aromatic heterocycles. The summed E-state index contributed by atoms with van der Waals surface area (Å²) in [6.45, 7) is 3.87. The van der Waals surface area contributed by atoms with Crippen LogP contribution < -0.4 is 5.32 Å². The van der Waals surface area contributed by atoms with Crippen LogP contribution in [0.2, 0.25) is 0 Å². The van der Waals surface area contributed by atoms with Gasteiger partial charge in [-0.3, -0.25) is 4.79 Å². The third-order valence-corrected chi connectivity index (χ3v) is 3.17. The molecule has 0 saturated heterocycles. The van der Waals surface area contributed by atoms with E-state index in [1.54, 1.807) is 18.2 Å². The second-order valence-corrected chi connectivity index (χ2v) is 5.34. The summed E-state index contributed by atoms with van der Waals surface area (Å²) in [6.07, 6.45) is 0.729. The van der Waals surface area contributed by atoms with Gasteiger partial charge in [-0.2, -0.15) is 5.26 Å². The summed E-state index contributed by atoms with van der Waals surface area (Å²) >= 11 is 0. The monoisotopic (exact) mass is 270 g/mol. The predicted molar refractivity (Wildman–Crippen MR) is 72.5 cm³/mol. The van der Waals surface area contributed by atoms with E-state index in [9.17, 15) is 9.59 Å². The van der Waals surface area contributed by atoms with E-state index in [4.69, 9.17) is 10.4 Å². The average Bonchev–Trinajstić information content (AvgIpc) is 2.37. The number of nitrogens with zero attached hydrogens (tertiary/aromatic N) is 1. The zero-order chi connectivity index (χ0) is 14.9. The number of hydrogen-bond donors (Lipinski definition) is 2. The Bertz CT molecular complexity index is 666. The first-order valence-corrected chi connectivity index (χ1v) is 6.14. The van der Waals surface area contributed by atoms with Crippen LogP contribution in [0.3, 0.4) is 0 Å². The molecule has 0 atom stereocenters. The second-order valence-electron chi connectivity index (χ2n) is 5.34. The molecule has 0 saturated carbocycles. The molecule has 1 aromatic rings. The van der Waals surface area contributed by atoms with Crippen molar-refractivity contribution in [3.63, 3.8) is 0 Å². The SMILES string of the molecule is CC1(C)Cc2ccccc2C(=C(C#N)C(=O)C(=O)O)N1. The van der Waals surface area contributed by atoms with Crippen LogP contribution in [0.25, 0.3) is 5.70 Å². The Labute approximate surface area is 116 Å². The molecule has 1 aromatic carbocycles. The smallest absolute Gasteiger partial charge is 0.378 e. The third-order valence-electron chi connectivity index (χ3n) is 3.17. The fraction of sp³-hybridized carbons (Fsp3) is 0.267. The van der Waals surface area contributed by atoms with Gasteiger partial charge in [-0.1, -0.05) is 24.3 Å². The summed E-state index contributed by atoms with van der Waals surface area (Å²) in [5.41, 5.74) is 1.27. The predicted octanol–water partition coefficient (Wildman–Crippen LogP) is 1.50. The molecule has 0 aliphatic carbocycles. The van der Waals surface area contributed by atoms with Crippen molar-refractivity contribution in [1.82, 2.24) is 5.32 Å². The highest BCUT2D eigenvalue weighted by Gasteiger charge is 2.32. The summed E-state index contributed by atoms with van der Waals surface area (Å²) in [4.78, 5) is 22.5. The van der Waals surface area contributed by atoms with Gasteiger partial charge in [0.2, 0.25) is 0 Å². The molecular formula is C15H14N2O3. The number of Topliss-reactive ketones (excluding diaryl/α,β-unsaturated/α-hetero) is 1. The number of aliphatic carboxylic acids is 1. The molecule has 0 amide bonds. The number of carboxylic acid groups (broad SMARTS) is 1. The van der Waals surface area contributed by atoms with E-state index < -0.39 is 11.8 Å². The molecule has 20 heavy (non-hydrogen) atoms. The van der Waals surface area contributed by atoms with Gasteiger partial charge in [-0.25, -0.2) is 4.79 Å². The van der Waals surface area contributed by atoms with Crippen molar-refractivity contribution in [3.8, 4) is 6.07 Å². The maximum Gasteiger partial charge on any atom is 0.378 e. The van der Waals surface area contributed by atoms with Crippen molar-refractivity contribution in [2.24, 2.45) is 0 Å². The number of carbonyl (C=O) groups excluding carboxylic acids is 1. The number of benzene rings is 1. The summed E-state index contributed by atoms with van der Waals surface area (Å²) in [6, 6.07) is 9.08. The molecule has 1 aliphatic heterocycles. The highest BCUT2D eigenvalue weighted by atomic mass is 16.4. The molecule has 1 aliphatic rings. The fourth-order valence-corrected chi connectivity index (χ4v) is 2.37. The molecule has 2 N–H and O–H groups in total. The minimum absolute atomic E-state index is 0.298. The molecule has 0 spiro atoms. The zero-order valence-electron chi connectivity index (χ0n) is 11.2. The number of carbonyl (C=O) groups is 2. The normalized spacial score (nSPS) is 18.2. The highest BCUT2D eigenvalue weighted by Crippen LogP contribution is 2.31. The molecular weight excluding hydrogens is 256 g/mol. The maximum absolute atomic E-state index is 11.7. The second kappa shape index (κ2) is 4.82. The standard InChI is InChI=1S/C15H14N2O3/c1-15(2)7-9-5-3-4-6-10(9)12(17-15)11(8-16)13(18)14(19)20/h3-6,17H,7H2,1-2H3,(H,19,20). The van der Waals surface area contributed by atoms with Crippen LogP contribution in [0.1, 0.15) is 25.0 Å². The lowest BCUT2D eigenvalue weighted by molar-refractivity contribution is -0.147. The largest absolute Gasteiger partial charge is 0.475 e. The first kappa shape index (κ1) is 13.8. The van der Waals surface area contributed by atoms with E-state index in [2.05, 4.69) is 5.32 Å². The first-order valence-electron chi connectivity index (χ1n) is 6.14. The number of rotatable bonds is 2. The van der Waals surface area contributed by atoms with Crippen LogP contribution in [0.5, 0.6) is 0 Å². The lowest BCUT2D eigenvalue weighted by atomic mass is 9.84. The van der Waals surface area contributed by atoms with Crippen molar-refractivity contribution in [2.75, 3.05) is 0 Å². The van der Waals surface area contributed by atoms with E-state index in [1.165, 1.54) is 0 Å². The topological polar surface area (TPSA) is 90.2 Å². The molecule has 2 rings (SSSR count). The number of nitrogens with one attached hydrogen (secondary N) is 1. The Morgan fingerprint density at radius 3 is 2.60 bits per heavy atom. The molecule has 1 heterocycles. The molecule has 0 radical (unpaired) electrons. The van der Waals surface area contributed by atoms with E-state index in [0.29, 0.717) is 11.3 Å². The van der Waals surface area contributed by atoms with Gasteiger partial charge in [0, 0.05) is 11.1 Å². The number of nitriles is 1. The minimum atomic E-state index is -1.63. The van der Waals surface area contributed by atoms with Crippen molar-refractivity contribution >= 4 is 17.4 Å². The van der Waals surface area contributed by atoms with Gasteiger partial charge in [0.1, 0.15) is 11.6 Å². The Kier molecular flexibility index (Phi) is 3.33. The van der Waals surface area contributed by atoms with Gasteiger partial charge < -0.3 is 10.4 Å². The van der Waals surface area contributed by atoms with Gasteiger partial charge in [0.05, 0.1) is 5.70 Å². The van der Waals surface area contributed by atoms with Gasteiger partial charge in [0.15, 0.2) is 0 Å². The van der Waals surface area contributed by atoms with Crippen LogP contribution >= 0.6 is 0 Å². The van der Waals surface area contributed by atoms with E-state index in [1.807, 2.05) is 26.0 Å². The molecule has 0 fully saturated rings. The Morgan fingerprint density at radius 2 is 2.00 bits per heavy atom. The van der Waals surface area contributed by atoms with E-state index >= 15 is 0 Å². The highest BCUT2D eigenvalue weighted by molar-refractivity contribution is 6.42. The van der Waals surface area contributed by atoms with Crippen LogP contribution in [-0.2, 0) is 16.0 Å².